The number of hydrogen-bond acceptors (Lipinski definition) is 4. The van der Waals surface area contributed by atoms with Crippen LogP contribution >= 0.6 is 11.6 Å². The number of carbonyl (C=O) groups is 1. The summed E-state index contributed by atoms with van der Waals surface area (Å²) in [6.07, 6.45) is 0. The summed E-state index contributed by atoms with van der Waals surface area (Å²) >= 11 is 6.16. The van der Waals surface area contributed by atoms with Gasteiger partial charge in [0.05, 0.1) is 9.92 Å². The van der Waals surface area contributed by atoms with Crippen molar-refractivity contribution in [1.82, 2.24) is 4.90 Å². The lowest BCUT2D eigenvalue weighted by Crippen LogP contribution is -2.31. The van der Waals surface area contributed by atoms with E-state index < -0.39 is 15.8 Å². The monoisotopic (exact) mass is 462 g/mol. The normalized spacial score (nSPS) is 11.1. The van der Waals surface area contributed by atoms with Gasteiger partial charge in [-0.25, -0.2) is 12.8 Å². The molecule has 0 aliphatic heterocycles. The molecule has 0 spiro atoms. The molecule has 3 rings (SSSR count). The lowest BCUT2D eigenvalue weighted by molar-refractivity contribution is -0.132. The van der Waals surface area contributed by atoms with Crippen LogP contribution in [0.5, 0.6) is 5.75 Å². The maximum absolute atomic E-state index is 13.0. The Bertz CT molecular complexity index is 1160. The number of nitrogens with one attached hydrogen (secondary N) is 1. The van der Waals surface area contributed by atoms with E-state index in [4.69, 9.17) is 16.3 Å². The van der Waals surface area contributed by atoms with Gasteiger partial charge in [-0.15, -0.1) is 0 Å². The highest BCUT2D eigenvalue weighted by Gasteiger charge is 2.17. The number of nitrogens with zero attached hydrogens (tertiary/aromatic N) is 1. The summed E-state index contributed by atoms with van der Waals surface area (Å²) < 4.78 is 45.8. The molecule has 0 saturated carbocycles. The predicted octanol–water partition coefficient (Wildman–Crippen LogP) is 4.32. The van der Waals surface area contributed by atoms with Crippen molar-refractivity contribution in [2.75, 3.05) is 18.4 Å². The number of likely N-dealkylation sites (N-methyl/N-ethyl adjacent to an activating group) is 1. The van der Waals surface area contributed by atoms with Crippen LogP contribution in [-0.4, -0.2) is 32.9 Å². The molecule has 6 nitrogen and oxygen atoms in total. The lowest BCUT2D eigenvalue weighted by Gasteiger charge is -2.18. The van der Waals surface area contributed by atoms with Crippen LogP contribution in [0.3, 0.4) is 0 Å². The average Bonchev–Trinajstić information content (AvgIpc) is 2.74. The van der Waals surface area contributed by atoms with Gasteiger partial charge in [-0.1, -0.05) is 41.9 Å². The number of amides is 1. The molecule has 0 atom stereocenters. The van der Waals surface area contributed by atoms with Gasteiger partial charge in [0.25, 0.3) is 15.9 Å². The second-order valence-corrected chi connectivity index (χ2v) is 8.82. The summed E-state index contributed by atoms with van der Waals surface area (Å²) in [5.74, 6) is -0.546. The number of halogens is 2. The summed E-state index contributed by atoms with van der Waals surface area (Å²) in [6.45, 7) is 0.186. The van der Waals surface area contributed by atoms with E-state index in [0.717, 1.165) is 17.7 Å². The van der Waals surface area contributed by atoms with Crippen molar-refractivity contribution in [2.45, 2.75) is 11.4 Å². The first kappa shape index (κ1) is 22.6. The van der Waals surface area contributed by atoms with Crippen LogP contribution in [0.4, 0.5) is 10.1 Å². The van der Waals surface area contributed by atoms with Gasteiger partial charge >= 0.3 is 0 Å². The van der Waals surface area contributed by atoms with Crippen LogP contribution in [0.2, 0.25) is 5.02 Å². The minimum atomic E-state index is -3.93. The summed E-state index contributed by atoms with van der Waals surface area (Å²) in [5.41, 5.74) is 1.20. The van der Waals surface area contributed by atoms with E-state index in [1.165, 1.54) is 35.2 Å². The first-order valence-corrected chi connectivity index (χ1v) is 11.1. The molecule has 31 heavy (non-hydrogen) atoms. The molecule has 0 aromatic heterocycles. The van der Waals surface area contributed by atoms with E-state index in [9.17, 15) is 17.6 Å². The largest absolute Gasteiger partial charge is 0.482 e. The number of rotatable bonds is 8. The third-order valence-electron chi connectivity index (χ3n) is 4.35. The molecule has 9 heteroatoms. The van der Waals surface area contributed by atoms with Crippen LogP contribution < -0.4 is 9.46 Å². The third kappa shape index (κ3) is 6.19. The number of anilines is 1. The topological polar surface area (TPSA) is 75.7 Å². The number of sulfonamides is 1. The number of benzene rings is 3. The van der Waals surface area contributed by atoms with Gasteiger partial charge in [0.15, 0.2) is 6.61 Å². The number of hydrogen-bond donors (Lipinski definition) is 1. The van der Waals surface area contributed by atoms with Gasteiger partial charge in [-0.3, -0.25) is 9.52 Å². The van der Waals surface area contributed by atoms with Crippen molar-refractivity contribution in [3.8, 4) is 5.75 Å². The molecule has 0 unspecified atom stereocenters. The zero-order valence-corrected chi connectivity index (χ0v) is 18.2. The fourth-order valence-corrected chi connectivity index (χ4v) is 4.08. The van der Waals surface area contributed by atoms with E-state index in [-0.39, 0.29) is 33.9 Å². The van der Waals surface area contributed by atoms with Gasteiger partial charge in [-0.05, 0) is 48.0 Å². The second kappa shape index (κ2) is 9.80. The molecule has 0 heterocycles. The highest BCUT2D eigenvalue weighted by Crippen LogP contribution is 2.28. The quantitative estimate of drug-likeness (QED) is 0.541. The van der Waals surface area contributed by atoms with Crippen LogP contribution in [-0.2, 0) is 21.4 Å². The van der Waals surface area contributed by atoms with Crippen LogP contribution in [0.25, 0.3) is 0 Å². The van der Waals surface area contributed by atoms with Crippen molar-refractivity contribution in [3.05, 3.63) is 89.2 Å². The van der Waals surface area contributed by atoms with E-state index in [2.05, 4.69) is 4.72 Å². The van der Waals surface area contributed by atoms with Gasteiger partial charge in [-0.2, -0.15) is 0 Å². The maximum Gasteiger partial charge on any atom is 0.261 e. The Balaban J connectivity index is 1.62. The molecule has 1 amide bonds. The summed E-state index contributed by atoms with van der Waals surface area (Å²) in [5, 5.41) is 0.0421. The van der Waals surface area contributed by atoms with Gasteiger partial charge in [0, 0.05) is 19.3 Å². The van der Waals surface area contributed by atoms with Gasteiger partial charge < -0.3 is 9.64 Å². The van der Waals surface area contributed by atoms with Crippen molar-refractivity contribution in [1.29, 1.82) is 0 Å². The van der Waals surface area contributed by atoms with E-state index in [1.54, 1.807) is 7.05 Å². The molecule has 0 aliphatic rings. The zero-order valence-electron chi connectivity index (χ0n) is 16.6. The SMILES string of the molecule is CN(Cc1ccccc1)C(=O)COc1ccc(S(=O)(=O)Nc2ccc(F)cc2)cc1Cl. The molecule has 0 aliphatic carbocycles. The van der Waals surface area contributed by atoms with Crippen molar-refractivity contribution < 1.29 is 22.3 Å². The van der Waals surface area contributed by atoms with Crippen LogP contribution in [0, 0.1) is 5.82 Å². The molecule has 1 N–H and O–H groups in total. The summed E-state index contributed by atoms with van der Waals surface area (Å²) in [6, 6.07) is 18.3. The average molecular weight is 463 g/mol. The van der Waals surface area contributed by atoms with Gasteiger partial charge in [0.1, 0.15) is 11.6 Å². The molecule has 0 radical (unpaired) electrons. The zero-order chi connectivity index (χ0) is 22.4. The van der Waals surface area contributed by atoms with Crippen LogP contribution in [0.15, 0.2) is 77.7 Å². The van der Waals surface area contributed by atoms with E-state index >= 15 is 0 Å². The molecule has 0 bridgehead atoms. The molecule has 3 aromatic carbocycles. The first-order chi connectivity index (χ1) is 14.7. The second-order valence-electron chi connectivity index (χ2n) is 6.73. The number of carbonyl (C=O) groups excluding carboxylic acids is 1. The predicted molar refractivity (Wildman–Crippen MR) is 117 cm³/mol. The summed E-state index contributed by atoms with van der Waals surface area (Å²) in [7, 11) is -2.27. The lowest BCUT2D eigenvalue weighted by atomic mass is 10.2. The Labute approximate surface area is 185 Å². The third-order valence-corrected chi connectivity index (χ3v) is 6.02. The smallest absolute Gasteiger partial charge is 0.261 e. The Kier molecular flexibility index (Phi) is 7.14. The Morgan fingerprint density at radius 3 is 2.39 bits per heavy atom. The summed E-state index contributed by atoms with van der Waals surface area (Å²) in [4.78, 5) is 13.7. The minimum Gasteiger partial charge on any atom is -0.482 e. The Hall–Kier alpha value is -3.10. The fourth-order valence-electron chi connectivity index (χ4n) is 2.69. The first-order valence-electron chi connectivity index (χ1n) is 9.23. The highest BCUT2D eigenvalue weighted by atomic mass is 35.5. The molecular weight excluding hydrogens is 443 g/mol. The van der Waals surface area contributed by atoms with Crippen LogP contribution in [0.1, 0.15) is 5.56 Å². The highest BCUT2D eigenvalue weighted by molar-refractivity contribution is 7.92. The van der Waals surface area contributed by atoms with Crippen molar-refractivity contribution in [2.24, 2.45) is 0 Å². The Morgan fingerprint density at radius 2 is 1.74 bits per heavy atom. The molecule has 3 aromatic rings. The standard InChI is InChI=1S/C22H20ClFN2O4S/c1-26(14-16-5-3-2-4-6-16)22(27)15-30-21-12-11-19(13-20(21)23)31(28,29)25-18-9-7-17(24)8-10-18/h2-13,25H,14-15H2,1H3. The van der Waals surface area contributed by atoms with Gasteiger partial charge in [0.2, 0.25) is 0 Å². The van der Waals surface area contributed by atoms with Crippen molar-refractivity contribution in [3.63, 3.8) is 0 Å². The molecule has 0 fully saturated rings. The maximum atomic E-state index is 13.0. The van der Waals surface area contributed by atoms with Crippen molar-refractivity contribution >= 4 is 33.2 Å². The molecule has 162 valence electrons. The van der Waals surface area contributed by atoms with E-state index in [0.29, 0.717) is 6.54 Å². The fraction of sp³-hybridized carbons (Fsp3) is 0.136. The Morgan fingerprint density at radius 1 is 1.06 bits per heavy atom. The minimum absolute atomic E-state index is 0.0421. The molecule has 0 saturated heterocycles. The molecular formula is C22H20ClFN2O4S. The van der Waals surface area contributed by atoms with E-state index in [1.807, 2.05) is 30.3 Å². The number of ether oxygens (including phenoxy) is 1.